The fourth-order valence-electron chi connectivity index (χ4n) is 4.52. The predicted molar refractivity (Wildman–Crippen MR) is 135 cm³/mol. The van der Waals surface area contributed by atoms with Crippen LogP contribution in [-0.4, -0.2) is 11.1 Å². The van der Waals surface area contributed by atoms with Crippen LogP contribution in [0.3, 0.4) is 0 Å². The predicted octanol–water partition coefficient (Wildman–Crippen LogP) is 7.11. The largest absolute Gasteiger partial charge is 0.359 e. The lowest BCUT2D eigenvalue weighted by molar-refractivity contribution is 0.311. The first-order valence-electron chi connectivity index (χ1n) is 11.1. The van der Waals surface area contributed by atoms with Gasteiger partial charge in [-0.1, -0.05) is 63.7 Å². The molecule has 160 valence electrons. The molecular formula is C28H33N3. The van der Waals surface area contributed by atoms with Crippen molar-refractivity contribution in [1.82, 2.24) is 4.57 Å². The summed E-state index contributed by atoms with van der Waals surface area (Å²) in [5, 5.41) is 6.09. The number of benzene rings is 3. The monoisotopic (exact) mass is 411 g/mol. The van der Waals surface area contributed by atoms with Gasteiger partial charge in [0.2, 0.25) is 0 Å². The van der Waals surface area contributed by atoms with E-state index in [4.69, 9.17) is 5.73 Å². The van der Waals surface area contributed by atoms with Crippen molar-refractivity contribution in [1.29, 1.82) is 0 Å². The van der Waals surface area contributed by atoms with Crippen molar-refractivity contribution in [3.63, 3.8) is 0 Å². The highest BCUT2D eigenvalue weighted by Gasteiger charge is 2.21. The number of anilines is 1. The van der Waals surface area contributed by atoms with E-state index in [2.05, 4.69) is 110 Å². The Balaban J connectivity index is 1.62. The molecule has 0 aliphatic heterocycles. The number of para-hydroxylation sites is 2. The summed E-state index contributed by atoms with van der Waals surface area (Å²) < 4.78 is 2.33. The first-order chi connectivity index (χ1) is 14.9. The zero-order valence-electron chi connectivity index (χ0n) is 18.9. The van der Waals surface area contributed by atoms with E-state index >= 15 is 0 Å². The number of nitrogens with two attached hydrogens (primary N) is 1. The number of hydrogen-bond donors (Lipinski definition) is 2. The molecule has 0 fully saturated rings. The molecular weight excluding hydrogens is 378 g/mol. The van der Waals surface area contributed by atoms with Gasteiger partial charge in [-0.25, -0.2) is 0 Å². The van der Waals surface area contributed by atoms with Gasteiger partial charge in [0.05, 0.1) is 11.0 Å². The van der Waals surface area contributed by atoms with Crippen LogP contribution in [0.1, 0.15) is 33.6 Å². The Bertz CT molecular complexity index is 1140. The van der Waals surface area contributed by atoms with Crippen molar-refractivity contribution in [3.05, 3.63) is 85.1 Å². The molecule has 1 atom stereocenters. The fourth-order valence-corrected chi connectivity index (χ4v) is 4.52. The second-order valence-electron chi connectivity index (χ2n) is 9.61. The Labute approximate surface area is 185 Å². The lowest BCUT2D eigenvalue weighted by Crippen LogP contribution is -2.21. The molecule has 0 saturated carbocycles. The standard InChI is InChI=1S/C28H33N3/c1-20(21(17-18-29)19-28(2,3)4)30-22-13-15-23(16-14-22)31-26-11-7-5-9-24(26)25-10-6-8-12-27(25)31/h5-16,21,30H,1,17-19,29H2,2-4H3. The van der Waals surface area contributed by atoms with Crippen LogP contribution in [0.15, 0.2) is 85.1 Å². The molecule has 0 bridgehead atoms. The van der Waals surface area contributed by atoms with Crippen LogP contribution < -0.4 is 11.1 Å². The van der Waals surface area contributed by atoms with E-state index in [1.807, 2.05) is 0 Å². The molecule has 1 heterocycles. The first-order valence-corrected chi connectivity index (χ1v) is 11.1. The zero-order valence-corrected chi connectivity index (χ0v) is 18.9. The summed E-state index contributed by atoms with van der Waals surface area (Å²) in [6.45, 7) is 11.8. The molecule has 0 aliphatic rings. The molecule has 0 aliphatic carbocycles. The van der Waals surface area contributed by atoms with Gasteiger partial charge in [0.15, 0.2) is 0 Å². The van der Waals surface area contributed by atoms with Gasteiger partial charge < -0.3 is 15.6 Å². The maximum absolute atomic E-state index is 5.87. The Hall–Kier alpha value is -3.04. The number of aromatic nitrogens is 1. The zero-order chi connectivity index (χ0) is 22.0. The second-order valence-corrected chi connectivity index (χ2v) is 9.61. The third-order valence-electron chi connectivity index (χ3n) is 5.88. The molecule has 0 spiro atoms. The minimum absolute atomic E-state index is 0.241. The summed E-state index contributed by atoms with van der Waals surface area (Å²) in [4.78, 5) is 0. The third kappa shape index (κ3) is 4.52. The smallest absolute Gasteiger partial charge is 0.0541 e. The third-order valence-corrected chi connectivity index (χ3v) is 5.88. The molecule has 3 aromatic carbocycles. The lowest BCUT2D eigenvalue weighted by Gasteiger charge is -2.28. The molecule has 31 heavy (non-hydrogen) atoms. The molecule has 0 amide bonds. The highest BCUT2D eigenvalue weighted by atomic mass is 15.0. The van der Waals surface area contributed by atoms with Gasteiger partial charge in [-0.3, -0.25) is 0 Å². The number of hydrogen-bond acceptors (Lipinski definition) is 2. The topological polar surface area (TPSA) is 43.0 Å². The Morgan fingerprint density at radius 1 is 0.903 bits per heavy atom. The van der Waals surface area contributed by atoms with E-state index in [0.29, 0.717) is 12.5 Å². The van der Waals surface area contributed by atoms with Gasteiger partial charge in [-0.15, -0.1) is 0 Å². The Kier molecular flexibility index (Phi) is 5.88. The van der Waals surface area contributed by atoms with E-state index in [0.717, 1.165) is 29.9 Å². The minimum atomic E-state index is 0.241. The molecule has 4 aromatic rings. The van der Waals surface area contributed by atoms with E-state index in [9.17, 15) is 0 Å². The van der Waals surface area contributed by atoms with Crippen LogP contribution in [0.25, 0.3) is 27.5 Å². The molecule has 4 rings (SSSR count). The molecule has 0 radical (unpaired) electrons. The lowest BCUT2D eigenvalue weighted by atomic mass is 9.82. The average Bonchev–Trinajstić information content (AvgIpc) is 3.08. The summed E-state index contributed by atoms with van der Waals surface area (Å²) in [5.41, 5.74) is 11.8. The Morgan fingerprint density at radius 3 is 1.97 bits per heavy atom. The summed E-state index contributed by atoms with van der Waals surface area (Å²) in [6, 6.07) is 25.8. The van der Waals surface area contributed by atoms with Gasteiger partial charge in [0, 0.05) is 33.8 Å². The molecule has 3 nitrogen and oxygen atoms in total. The maximum Gasteiger partial charge on any atom is 0.0541 e. The summed E-state index contributed by atoms with van der Waals surface area (Å²) in [6.07, 6.45) is 2.01. The summed E-state index contributed by atoms with van der Waals surface area (Å²) >= 11 is 0. The van der Waals surface area contributed by atoms with E-state index < -0.39 is 0 Å². The van der Waals surface area contributed by atoms with E-state index in [-0.39, 0.29) is 5.41 Å². The van der Waals surface area contributed by atoms with Crippen molar-refractivity contribution in [2.45, 2.75) is 33.6 Å². The number of nitrogens with one attached hydrogen (secondary N) is 1. The van der Waals surface area contributed by atoms with Gasteiger partial charge in [-0.2, -0.15) is 0 Å². The van der Waals surface area contributed by atoms with Crippen LogP contribution in [0.5, 0.6) is 0 Å². The fraction of sp³-hybridized carbons (Fsp3) is 0.286. The summed E-state index contributed by atoms with van der Waals surface area (Å²) in [5.74, 6) is 0.363. The Morgan fingerprint density at radius 2 is 1.45 bits per heavy atom. The molecule has 1 aromatic heterocycles. The van der Waals surface area contributed by atoms with Crippen molar-refractivity contribution in [2.24, 2.45) is 17.1 Å². The van der Waals surface area contributed by atoms with Crippen LogP contribution in [0.2, 0.25) is 0 Å². The first kappa shape index (κ1) is 21.2. The number of allylic oxidation sites excluding steroid dienone is 1. The molecule has 3 N–H and O–H groups in total. The van der Waals surface area contributed by atoms with Gasteiger partial charge in [0.1, 0.15) is 0 Å². The number of rotatable bonds is 7. The molecule has 1 unspecified atom stereocenters. The quantitative estimate of drug-likeness (QED) is 0.340. The SMILES string of the molecule is C=C(Nc1ccc(-n2c3ccccc3c3ccccc32)cc1)C(CCN)CC(C)(C)C. The number of fused-ring (bicyclic) bond motifs is 3. The van der Waals surface area contributed by atoms with Crippen molar-refractivity contribution in [3.8, 4) is 5.69 Å². The van der Waals surface area contributed by atoms with Crippen LogP contribution >= 0.6 is 0 Å². The van der Waals surface area contributed by atoms with Crippen LogP contribution in [0.4, 0.5) is 5.69 Å². The normalized spacial score (nSPS) is 12.9. The van der Waals surface area contributed by atoms with Gasteiger partial charge in [0.25, 0.3) is 0 Å². The van der Waals surface area contributed by atoms with Crippen LogP contribution in [-0.2, 0) is 0 Å². The van der Waals surface area contributed by atoms with Crippen molar-refractivity contribution >= 4 is 27.5 Å². The summed E-state index contributed by atoms with van der Waals surface area (Å²) in [7, 11) is 0. The molecule has 3 heteroatoms. The minimum Gasteiger partial charge on any atom is -0.359 e. The highest BCUT2D eigenvalue weighted by molar-refractivity contribution is 6.09. The van der Waals surface area contributed by atoms with E-state index in [1.165, 1.54) is 21.8 Å². The number of nitrogens with zero attached hydrogens (tertiary/aromatic N) is 1. The second kappa shape index (κ2) is 8.60. The van der Waals surface area contributed by atoms with Gasteiger partial charge in [-0.05, 0) is 61.2 Å². The highest BCUT2D eigenvalue weighted by Crippen LogP contribution is 2.33. The van der Waals surface area contributed by atoms with Crippen molar-refractivity contribution < 1.29 is 0 Å². The molecule has 0 saturated heterocycles. The van der Waals surface area contributed by atoms with E-state index in [1.54, 1.807) is 0 Å². The van der Waals surface area contributed by atoms with Crippen molar-refractivity contribution in [2.75, 3.05) is 11.9 Å². The van der Waals surface area contributed by atoms with Gasteiger partial charge >= 0.3 is 0 Å². The maximum atomic E-state index is 5.87. The van der Waals surface area contributed by atoms with Crippen LogP contribution in [0, 0.1) is 11.3 Å². The average molecular weight is 412 g/mol.